The van der Waals surface area contributed by atoms with Crippen molar-refractivity contribution in [3.8, 4) is 0 Å². The first-order valence-corrected chi connectivity index (χ1v) is 5.33. The van der Waals surface area contributed by atoms with Crippen molar-refractivity contribution >= 4 is 16.6 Å². The number of unbranched alkanes of at least 4 members (excludes halogenated alkanes) is 5. The smallest absolute Gasteiger partial charge is 0.410 e. The maximum absolute atomic E-state index is 8.49. The molecule has 2 nitrogen and oxygen atoms in total. The summed E-state index contributed by atoms with van der Waals surface area (Å²) in [5.41, 5.74) is 0. The standard InChI is InChI=1S/C8H17O2.Al.2H/c9-7-5-3-1-2-4-6-8-10;;;/h9H,1-8H2;;;/q-1;+1;;. The van der Waals surface area contributed by atoms with Crippen molar-refractivity contribution in [3.05, 3.63) is 0 Å². The van der Waals surface area contributed by atoms with Gasteiger partial charge in [0, 0.05) is 13.2 Å². The highest BCUT2D eigenvalue weighted by atomic mass is 27.1. The number of rotatable bonds is 8. The maximum Gasteiger partial charge on any atom is 0.410 e. The van der Waals surface area contributed by atoms with Gasteiger partial charge in [0.2, 0.25) is 0 Å². The second-order valence-electron chi connectivity index (χ2n) is 2.84. The van der Waals surface area contributed by atoms with Crippen LogP contribution in [0.4, 0.5) is 0 Å². The van der Waals surface area contributed by atoms with Crippen LogP contribution >= 0.6 is 0 Å². The Labute approximate surface area is 77.7 Å². The molecule has 66 valence electrons. The Hall–Kier alpha value is 0.452. The van der Waals surface area contributed by atoms with Crippen LogP contribution in [0, 0.1) is 0 Å². The Morgan fingerprint density at radius 3 is 2.00 bits per heavy atom. The molecule has 0 saturated heterocycles. The normalized spacial score (nSPS) is 10.3. The van der Waals surface area contributed by atoms with E-state index < -0.39 is 0 Å². The molecule has 0 saturated carbocycles. The van der Waals surface area contributed by atoms with Crippen LogP contribution in [0.2, 0.25) is 0 Å². The highest BCUT2D eigenvalue weighted by Gasteiger charge is 1.89. The number of hydrogen-bond donors (Lipinski definition) is 1. The summed E-state index contributed by atoms with van der Waals surface area (Å²) in [7, 11) is 0. The number of aliphatic hydroxyl groups excluding tert-OH is 1. The van der Waals surface area contributed by atoms with Gasteiger partial charge < -0.3 is 8.90 Å². The molecule has 0 aromatic rings. The molecule has 0 aromatic heterocycles. The average Bonchev–Trinajstić information content (AvgIpc) is 2.03. The third kappa shape index (κ3) is 10.5. The quantitative estimate of drug-likeness (QED) is 0.437. The van der Waals surface area contributed by atoms with Crippen LogP contribution in [-0.2, 0) is 3.79 Å². The molecule has 0 heterocycles. The van der Waals surface area contributed by atoms with Crippen LogP contribution in [-0.4, -0.2) is 34.9 Å². The Balaban J connectivity index is 2.69. The van der Waals surface area contributed by atoms with Gasteiger partial charge in [-0.1, -0.05) is 25.7 Å². The van der Waals surface area contributed by atoms with Crippen LogP contribution in [0.1, 0.15) is 38.5 Å². The van der Waals surface area contributed by atoms with Gasteiger partial charge in [-0.2, -0.15) is 0 Å². The Morgan fingerprint density at radius 2 is 1.45 bits per heavy atom. The summed E-state index contributed by atoms with van der Waals surface area (Å²) < 4.78 is 5.07. The molecule has 0 rings (SSSR count). The summed E-state index contributed by atoms with van der Waals surface area (Å²) in [5.74, 6) is 0. The monoisotopic (exact) mass is 174 g/mol. The zero-order chi connectivity index (χ0) is 8.36. The topological polar surface area (TPSA) is 29.5 Å². The molecule has 0 fully saturated rings. The van der Waals surface area contributed by atoms with Crippen LogP contribution in [0.15, 0.2) is 0 Å². The van der Waals surface area contributed by atoms with Crippen molar-refractivity contribution in [1.82, 2.24) is 0 Å². The SMILES string of the molecule is OCCCCCCCC[O][AlH2]. The largest absolute Gasteiger partial charge is 0.506 e. The lowest BCUT2D eigenvalue weighted by atomic mass is 10.1. The van der Waals surface area contributed by atoms with E-state index in [1.165, 1.54) is 32.1 Å². The second-order valence-corrected chi connectivity index (χ2v) is 3.42. The molecule has 0 aliphatic carbocycles. The first-order valence-electron chi connectivity index (χ1n) is 4.51. The molecule has 0 atom stereocenters. The van der Waals surface area contributed by atoms with Crippen LogP contribution in [0.3, 0.4) is 0 Å². The van der Waals surface area contributed by atoms with Gasteiger partial charge in [-0.15, -0.1) is 0 Å². The lowest BCUT2D eigenvalue weighted by molar-refractivity contribution is 0.281. The Kier molecular flexibility index (Phi) is 10.9. The fourth-order valence-electron chi connectivity index (χ4n) is 1.07. The van der Waals surface area contributed by atoms with E-state index in [0.29, 0.717) is 6.61 Å². The minimum Gasteiger partial charge on any atom is -0.506 e. The molecule has 0 spiro atoms. The van der Waals surface area contributed by atoms with Crippen molar-refractivity contribution in [2.75, 3.05) is 13.2 Å². The first-order chi connectivity index (χ1) is 5.41. The highest BCUT2D eigenvalue weighted by molar-refractivity contribution is 5.97. The van der Waals surface area contributed by atoms with Gasteiger partial charge in [-0.25, -0.2) is 0 Å². The lowest BCUT2D eigenvalue weighted by Crippen LogP contribution is -1.89. The van der Waals surface area contributed by atoms with Crippen LogP contribution in [0.25, 0.3) is 0 Å². The summed E-state index contributed by atoms with van der Waals surface area (Å²) >= 11 is 0.876. The lowest BCUT2D eigenvalue weighted by Gasteiger charge is -2.00. The predicted molar refractivity (Wildman–Crippen MR) is 49.3 cm³/mol. The van der Waals surface area contributed by atoms with Crippen molar-refractivity contribution in [3.63, 3.8) is 0 Å². The molecule has 0 radical (unpaired) electrons. The molecular formula is C8H19AlO2. The van der Waals surface area contributed by atoms with Gasteiger partial charge in [0.1, 0.15) is 0 Å². The van der Waals surface area contributed by atoms with Gasteiger partial charge >= 0.3 is 16.6 Å². The molecule has 11 heavy (non-hydrogen) atoms. The first kappa shape index (κ1) is 11.5. The van der Waals surface area contributed by atoms with E-state index in [2.05, 4.69) is 0 Å². The van der Waals surface area contributed by atoms with E-state index in [1.807, 2.05) is 0 Å². The van der Waals surface area contributed by atoms with E-state index in [1.54, 1.807) is 0 Å². The molecular weight excluding hydrogens is 155 g/mol. The molecule has 0 aliphatic rings. The summed E-state index contributed by atoms with van der Waals surface area (Å²) in [6.45, 7) is 1.30. The van der Waals surface area contributed by atoms with E-state index in [-0.39, 0.29) is 0 Å². The average molecular weight is 174 g/mol. The summed E-state index contributed by atoms with van der Waals surface area (Å²) in [4.78, 5) is 0. The molecule has 1 N–H and O–H groups in total. The number of aliphatic hydroxyl groups is 1. The molecule has 0 unspecified atom stereocenters. The molecule has 0 bridgehead atoms. The van der Waals surface area contributed by atoms with Gasteiger partial charge in [-0.05, 0) is 12.8 Å². The fraction of sp³-hybridized carbons (Fsp3) is 1.00. The van der Waals surface area contributed by atoms with Crippen molar-refractivity contribution in [1.29, 1.82) is 0 Å². The van der Waals surface area contributed by atoms with E-state index in [0.717, 1.165) is 29.7 Å². The van der Waals surface area contributed by atoms with Gasteiger partial charge in [0.05, 0.1) is 0 Å². The summed E-state index contributed by atoms with van der Waals surface area (Å²) in [6.07, 6.45) is 7.21. The van der Waals surface area contributed by atoms with Crippen molar-refractivity contribution in [2.45, 2.75) is 38.5 Å². The zero-order valence-electron chi connectivity index (χ0n) is 7.51. The Bertz CT molecular complexity index is 61.1. The van der Waals surface area contributed by atoms with Gasteiger partial charge in [-0.3, -0.25) is 0 Å². The molecule has 3 heteroatoms. The maximum atomic E-state index is 8.49. The van der Waals surface area contributed by atoms with E-state index >= 15 is 0 Å². The van der Waals surface area contributed by atoms with Crippen molar-refractivity contribution in [2.24, 2.45) is 0 Å². The number of hydrogen-bond acceptors (Lipinski definition) is 2. The van der Waals surface area contributed by atoms with Gasteiger partial charge in [0.15, 0.2) is 0 Å². The predicted octanol–water partition coefficient (Wildman–Crippen LogP) is 0.884. The minimum atomic E-state index is 0.351. The minimum absolute atomic E-state index is 0.351. The van der Waals surface area contributed by atoms with Crippen molar-refractivity contribution < 1.29 is 8.90 Å². The fourth-order valence-corrected chi connectivity index (χ4v) is 1.35. The summed E-state index contributed by atoms with van der Waals surface area (Å²) in [5, 5.41) is 8.49. The third-order valence-corrected chi connectivity index (χ3v) is 2.16. The van der Waals surface area contributed by atoms with E-state index in [4.69, 9.17) is 8.90 Å². The zero-order valence-corrected chi connectivity index (χ0v) is 9.51. The van der Waals surface area contributed by atoms with Crippen LogP contribution < -0.4 is 0 Å². The van der Waals surface area contributed by atoms with Crippen LogP contribution in [0.5, 0.6) is 0 Å². The summed E-state index contributed by atoms with van der Waals surface area (Å²) in [6, 6.07) is 0. The van der Waals surface area contributed by atoms with Gasteiger partial charge in [0.25, 0.3) is 0 Å². The molecule has 0 aliphatic heterocycles. The third-order valence-electron chi connectivity index (χ3n) is 1.76. The molecule has 0 amide bonds. The Morgan fingerprint density at radius 1 is 0.909 bits per heavy atom. The second kappa shape index (κ2) is 10.5. The molecule has 0 aromatic carbocycles. The highest BCUT2D eigenvalue weighted by Crippen LogP contribution is 2.04. The van der Waals surface area contributed by atoms with E-state index in [9.17, 15) is 0 Å².